The van der Waals surface area contributed by atoms with Crippen LogP contribution in [0.3, 0.4) is 0 Å². The first-order chi connectivity index (χ1) is 20.9. The van der Waals surface area contributed by atoms with Crippen molar-refractivity contribution in [2.45, 2.75) is 40.6 Å². The Kier molecular flexibility index (Phi) is 9.40. The van der Waals surface area contributed by atoms with E-state index in [1.54, 1.807) is 25.1 Å². The second-order valence-corrected chi connectivity index (χ2v) is 13.1. The Hall–Kier alpha value is -3.56. The van der Waals surface area contributed by atoms with E-state index in [1.165, 1.54) is 29.2 Å². The Morgan fingerprint density at radius 2 is 1.42 bits per heavy atom. The van der Waals surface area contributed by atoms with E-state index >= 15 is 0 Å². The minimum absolute atomic E-state index is 0.0488. The lowest BCUT2D eigenvalue weighted by Gasteiger charge is -2.38. The summed E-state index contributed by atoms with van der Waals surface area (Å²) in [5.41, 5.74) is -7.84. The molecule has 0 bridgehead atoms. The van der Waals surface area contributed by atoms with Crippen LogP contribution in [0.2, 0.25) is 0 Å². The first-order valence-electron chi connectivity index (χ1n) is 13.4. The highest BCUT2D eigenvalue weighted by Crippen LogP contribution is 2.54. The summed E-state index contributed by atoms with van der Waals surface area (Å²) >= 11 is 0. The first-order valence-corrected chi connectivity index (χ1v) is 14.9. The minimum Gasteiger partial charge on any atom is -0.349 e. The van der Waals surface area contributed by atoms with E-state index in [9.17, 15) is 48.3 Å². The molecule has 244 valence electrons. The van der Waals surface area contributed by atoms with Gasteiger partial charge in [0, 0.05) is 24.2 Å². The van der Waals surface area contributed by atoms with Crippen molar-refractivity contribution in [2.24, 2.45) is 0 Å². The van der Waals surface area contributed by atoms with Gasteiger partial charge in [0.2, 0.25) is 5.91 Å². The number of likely N-dealkylation sites (tertiary alicyclic amines) is 1. The molecular formula is C30H28F8N2O4S. The number of halogens is 8. The fourth-order valence-corrected chi connectivity index (χ4v) is 7.49. The van der Waals surface area contributed by atoms with Crippen molar-refractivity contribution in [3.8, 4) is 0 Å². The molecule has 0 N–H and O–H groups in total. The molecule has 15 heteroatoms. The van der Waals surface area contributed by atoms with Gasteiger partial charge in [-0.1, -0.05) is 48.5 Å². The van der Waals surface area contributed by atoms with Crippen LogP contribution >= 0.6 is 0 Å². The molecule has 1 aliphatic heterocycles. The molecule has 1 atom stereocenters. The fourth-order valence-electron chi connectivity index (χ4n) is 5.40. The van der Waals surface area contributed by atoms with Gasteiger partial charge in [0.15, 0.2) is 9.84 Å². The van der Waals surface area contributed by atoms with E-state index in [0.717, 1.165) is 18.2 Å². The standard InChI is InChI=1S/C30H28F8N2O4S/c1-39(2)17-26(41)40-16-15-27(19-40,45(42,43)22-7-4-3-5-8-22)20-11-13-21(14-12-20)28(29(33,34)35,30(36,37)38)44-18-23-24(31)9-6-10-25(23)32/h3-14H,15-19H2,1-2H3. The molecule has 6 nitrogen and oxygen atoms in total. The third-order valence-electron chi connectivity index (χ3n) is 7.71. The number of carbonyl (C=O) groups is 1. The molecule has 0 radical (unpaired) electrons. The van der Waals surface area contributed by atoms with Crippen LogP contribution < -0.4 is 0 Å². The van der Waals surface area contributed by atoms with E-state index in [1.807, 2.05) is 0 Å². The topological polar surface area (TPSA) is 66.9 Å². The van der Waals surface area contributed by atoms with Gasteiger partial charge in [-0.15, -0.1) is 0 Å². The smallest absolute Gasteiger partial charge is 0.349 e. The van der Waals surface area contributed by atoms with Gasteiger partial charge in [-0.25, -0.2) is 17.2 Å². The Bertz CT molecular complexity index is 1590. The monoisotopic (exact) mass is 664 g/mol. The van der Waals surface area contributed by atoms with Crippen molar-refractivity contribution in [3.05, 3.63) is 101 Å². The summed E-state index contributed by atoms with van der Waals surface area (Å²) in [7, 11) is -1.13. The van der Waals surface area contributed by atoms with E-state index in [4.69, 9.17) is 0 Å². The largest absolute Gasteiger partial charge is 0.430 e. The number of hydrogen-bond donors (Lipinski definition) is 0. The molecule has 0 spiro atoms. The third kappa shape index (κ3) is 6.17. The third-order valence-corrected chi connectivity index (χ3v) is 10.2. The highest BCUT2D eigenvalue weighted by Gasteiger charge is 2.73. The highest BCUT2D eigenvalue weighted by atomic mass is 32.2. The van der Waals surface area contributed by atoms with Crippen LogP contribution in [0.5, 0.6) is 0 Å². The number of benzene rings is 3. The summed E-state index contributed by atoms with van der Waals surface area (Å²) in [6.45, 7) is -2.26. The average Bonchev–Trinajstić information content (AvgIpc) is 3.41. The molecule has 1 fully saturated rings. The van der Waals surface area contributed by atoms with Gasteiger partial charge in [-0.2, -0.15) is 26.3 Å². The Morgan fingerprint density at radius 1 is 0.867 bits per heavy atom. The van der Waals surface area contributed by atoms with Gasteiger partial charge in [0.25, 0.3) is 5.60 Å². The number of rotatable bonds is 9. The summed E-state index contributed by atoms with van der Waals surface area (Å²) in [6, 6.07) is 11.7. The van der Waals surface area contributed by atoms with Crippen molar-refractivity contribution in [2.75, 3.05) is 33.7 Å². The summed E-state index contributed by atoms with van der Waals surface area (Å²) in [6.07, 6.45) is -12.5. The summed E-state index contributed by atoms with van der Waals surface area (Å²) < 4.78 is 145. The van der Waals surface area contributed by atoms with Crippen LogP contribution in [0.25, 0.3) is 0 Å². The lowest BCUT2D eigenvalue weighted by atomic mass is 9.88. The Balaban J connectivity index is 1.84. The maximum atomic E-state index is 14.4. The quantitative estimate of drug-likeness (QED) is 0.264. The summed E-state index contributed by atoms with van der Waals surface area (Å²) in [5, 5.41) is 0. The van der Waals surface area contributed by atoms with Crippen molar-refractivity contribution in [1.29, 1.82) is 0 Å². The zero-order valence-electron chi connectivity index (χ0n) is 23.9. The molecule has 45 heavy (non-hydrogen) atoms. The molecule has 0 aromatic heterocycles. The molecular weight excluding hydrogens is 636 g/mol. The molecule has 4 rings (SSSR count). The van der Waals surface area contributed by atoms with Gasteiger partial charge in [0.1, 0.15) is 16.4 Å². The Labute approximate surface area is 254 Å². The zero-order valence-corrected chi connectivity index (χ0v) is 24.7. The summed E-state index contributed by atoms with van der Waals surface area (Å²) in [4.78, 5) is 15.5. The average molecular weight is 665 g/mol. The van der Waals surface area contributed by atoms with Gasteiger partial charge < -0.3 is 14.5 Å². The molecule has 1 saturated heterocycles. The second-order valence-electron chi connectivity index (χ2n) is 10.9. The number of alkyl halides is 6. The van der Waals surface area contributed by atoms with Gasteiger partial charge in [0.05, 0.1) is 18.0 Å². The lowest BCUT2D eigenvalue weighted by Crippen LogP contribution is -2.56. The first kappa shape index (κ1) is 34.3. The predicted molar refractivity (Wildman–Crippen MR) is 146 cm³/mol. The second kappa shape index (κ2) is 12.3. The van der Waals surface area contributed by atoms with Crippen LogP contribution in [0, 0.1) is 11.6 Å². The van der Waals surface area contributed by atoms with E-state index in [0.29, 0.717) is 24.3 Å². The van der Waals surface area contributed by atoms with E-state index in [-0.39, 0.29) is 30.0 Å². The van der Waals surface area contributed by atoms with Crippen molar-refractivity contribution in [1.82, 2.24) is 9.80 Å². The number of carbonyl (C=O) groups excluding carboxylic acids is 1. The Morgan fingerprint density at radius 3 is 1.93 bits per heavy atom. The molecule has 1 unspecified atom stereocenters. The van der Waals surface area contributed by atoms with Crippen molar-refractivity contribution < 1.29 is 53.1 Å². The zero-order chi connectivity index (χ0) is 33.4. The maximum Gasteiger partial charge on any atom is 0.430 e. The normalized spacial score (nSPS) is 18.1. The number of sulfone groups is 1. The predicted octanol–water partition coefficient (Wildman–Crippen LogP) is 5.96. The number of amides is 1. The summed E-state index contributed by atoms with van der Waals surface area (Å²) in [5.74, 6) is -3.25. The molecule has 3 aromatic carbocycles. The highest BCUT2D eigenvalue weighted by molar-refractivity contribution is 7.92. The molecule has 0 saturated carbocycles. The van der Waals surface area contributed by atoms with Crippen LogP contribution in [-0.4, -0.2) is 70.2 Å². The molecule has 0 aliphatic carbocycles. The van der Waals surface area contributed by atoms with Crippen LogP contribution in [-0.2, 0) is 36.3 Å². The van der Waals surface area contributed by atoms with Crippen molar-refractivity contribution >= 4 is 15.7 Å². The van der Waals surface area contributed by atoms with Gasteiger partial charge >= 0.3 is 12.4 Å². The molecule has 1 heterocycles. The van der Waals surface area contributed by atoms with Gasteiger partial charge in [-0.05, 0) is 50.3 Å². The molecule has 3 aromatic rings. The number of hydrogen-bond acceptors (Lipinski definition) is 5. The number of nitrogens with zero attached hydrogens (tertiary/aromatic N) is 2. The van der Waals surface area contributed by atoms with E-state index < -0.39 is 74.4 Å². The number of likely N-dealkylation sites (N-methyl/N-ethyl adjacent to an activating group) is 1. The van der Waals surface area contributed by atoms with E-state index in [2.05, 4.69) is 4.74 Å². The molecule has 1 aliphatic rings. The SMILES string of the molecule is CN(C)CC(=O)N1CCC(c2ccc(C(OCc3c(F)cccc3F)(C(F)(F)F)C(F)(F)F)cc2)(S(=O)(=O)c2ccccc2)C1. The van der Waals surface area contributed by atoms with Crippen LogP contribution in [0.15, 0.2) is 77.7 Å². The fraction of sp³-hybridized carbons (Fsp3) is 0.367. The van der Waals surface area contributed by atoms with Crippen LogP contribution in [0.4, 0.5) is 35.1 Å². The molecule has 1 amide bonds. The number of ether oxygens (including phenoxy) is 1. The van der Waals surface area contributed by atoms with Crippen LogP contribution in [0.1, 0.15) is 23.1 Å². The van der Waals surface area contributed by atoms with Crippen molar-refractivity contribution in [3.63, 3.8) is 0 Å². The van der Waals surface area contributed by atoms with Gasteiger partial charge in [-0.3, -0.25) is 4.79 Å². The lowest BCUT2D eigenvalue weighted by molar-refractivity contribution is -0.392. The minimum atomic E-state index is -6.18. The maximum absolute atomic E-state index is 14.4.